The molecule has 5 N–H and O–H groups in total. The first kappa shape index (κ1) is 47.2. The van der Waals surface area contributed by atoms with Crippen LogP contribution in [0, 0.1) is 10.8 Å². The maximum atomic E-state index is 7.61. The van der Waals surface area contributed by atoms with Crippen molar-refractivity contribution in [1.82, 2.24) is 4.57 Å². The Balaban J connectivity index is 1.61. The molecule has 0 amide bonds. The lowest BCUT2D eigenvalue weighted by atomic mass is 9.82. The summed E-state index contributed by atoms with van der Waals surface area (Å²) in [5, 5.41) is 6.11. The van der Waals surface area contributed by atoms with Gasteiger partial charge in [0, 0.05) is 28.1 Å². The average molecular weight is 849 g/mol. The number of hydrogen-bond donors (Lipinski definition) is 3. The van der Waals surface area contributed by atoms with Crippen LogP contribution in [0.1, 0.15) is 108 Å². The molecule has 6 rings (SSSR count). The Morgan fingerprint density at radius 2 is 0.969 bits per heavy atom. The summed E-state index contributed by atoms with van der Waals surface area (Å²) in [4.78, 5) is 0. The Bertz CT molecular complexity index is 2710. The Hall–Kier alpha value is -6.26. The lowest BCUT2D eigenvalue weighted by Gasteiger charge is -2.25. The largest absolute Gasteiger partial charge is 0.396 e. The highest BCUT2D eigenvalue weighted by Gasteiger charge is 2.28. The summed E-state index contributed by atoms with van der Waals surface area (Å²) in [6, 6.07) is 34.6. The summed E-state index contributed by atoms with van der Waals surface area (Å²) >= 11 is 0. The lowest BCUT2D eigenvalue weighted by Crippen LogP contribution is -2.12. The molecule has 0 atom stereocenters. The van der Waals surface area contributed by atoms with Crippen LogP contribution in [0.25, 0.3) is 49.7 Å². The molecule has 4 heteroatoms. The van der Waals surface area contributed by atoms with Gasteiger partial charge in [0.1, 0.15) is 0 Å². The number of fused-ring (bicyclic) bond motifs is 3. The summed E-state index contributed by atoms with van der Waals surface area (Å²) in [6.45, 7) is 35.4. The van der Waals surface area contributed by atoms with Crippen molar-refractivity contribution in [2.45, 2.75) is 108 Å². The number of allylic oxidation sites excluding steroid dienone is 10. The zero-order valence-corrected chi connectivity index (χ0v) is 41.1. The van der Waals surface area contributed by atoms with Gasteiger partial charge in [-0.2, -0.15) is 0 Å². The van der Waals surface area contributed by atoms with Gasteiger partial charge in [0.15, 0.2) is 0 Å². The Morgan fingerprint density at radius 3 is 1.34 bits per heavy atom. The third-order valence-corrected chi connectivity index (χ3v) is 12.4. The standard InChI is InChI=1S/C60H72N4/c1-16-24-43(57(4,5)6)35-39(2)40(3)36-44(58(7,8)9)29-23-34-63-55-51(41-25-19-17-20-26-41)53(61)56(54(62)52(55)42-27-21-18-22-28-42)64-49-32-30-45(59(10,11)12)37-47(49)48-38-46(60(13,14)15)31-33-50(48)64/h16-38,63H,1,61-62H2,2-15H3/b34-23+,39-35+,40-36+,43-24+,44-29+. The molecule has 0 aliphatic rings. The van der Waals surface area contributed by atoms with Crippen LogP contribution in [0.2, 0.25) is 0 Å². The van der Waals surface area contributed by atoms with Gasteiger partial charge in [0.25, 0.3) is 0 Å². The van der Waals surface area contributed by atoms with Gasteiger partial charge in [0.05, 0.1) is 33.8 Å². The van der Waals surface area contributed by atoms with E-state index in [4.69, 9.17) is 11.5 Å². The second-order valence-corrected chi connectivity index (χ2v) is 21.5. The van der Waals surface area contributed by atoms with Gasteiger partial charge >= 0.3 is 0 Å². The number of nitrogen functional groups attached to an aromatic ring is 2. The van der Waals surface area contributed by atoms with Crippen LogP contribution in [-0.4, -0.2) is 4.57 Å². The highest BCUT2D eigenvalue weighted by molar-refractivity contribution is 6.14. The molecule has 0 fully saturated rings. The van der Waals surface area contributed by atoms with E-state index < -0.39 is 0 Å². The molecule has 1 aromatic heterocycles. The van der Waals surface area contributed by atoms with Crippen LogP contribution in [0.4, 0.5) is 17.1 Å². The maximum absolute atomic E-state index is 7.61. The molecule has 1 heterocycles. The number of anilines is 3. The zero-order chi connectivity index (χ0) is 46.9. The number of nitrogens with zero attached hydrogens (tertiary/aromatic N) is 1. The Kier molecular flexibility index (Phi) is 13.3. The molecule has 64 heavy (non-hydrogen) atoms. The summed E-state index contributed by atoms with van der Waals surface area (Å²) in [5.41, 5.74) is 31.2. The van der Waals surface area contributed by atoms with Crippen molar-refractivity contribution in [2.75, 3.05) is 16.8 Å². The highest BCUT2D eigenvalue weighted by atomic mass is 15.0. The van der Waals surface area contributed by atoms with Crippen LogP contribution in [-0.2, 0) is 10.8 Å². The minimum Gasteiger partial charge on any atom is -0.396 e. The first-order valence-corrected chi connectivity index (χ1v) is 22.7. The maximum Gasteiger partial charge on any atom is 0.0938 e. The average Bonchev–Trinajstić information content (AvgIpc) is 3.53. The molecule has 0 bridgehead atoms. The number of nitrogens with two attached hydrogens (primary N) is 2. The summed E-state index contributed by atoms with van der Waals surface area (Å²) in [6.07, 6.45) is 14.9. The molecule has 4 nitrogen and oxygen atoms in total. The molecule has 0 saturated carbocycles. The van der Waals surface area contributed by atoms with Gasteiger partial charge in [-0.25, -0.2) is 0 Å². The van der Waals surface area contributed by atoms with E-state index >= 15 is 0 Å². The molecular formula is C60H72N4. The van der Waals surface area contributed by atoms with Crippen molar-refractivity contribution < 1.29 is 0 Å². The third-order valence-electron chi connectivity index (χ3n) is 12.4. The molecule has 0 aliphatic heterocycles. The van der Waals surface area contributed by atoms with Crippen molar-refractivity contribution in [3.05, 3.63) is 180 Å². The van der Waals surface area contributed by atoms with E-state index in [0.29, 0.717) is 11.4 Å². The number of hydrogen-bond acceptors (Lipinski definition) is 3. The van der Waals surface area contributed by atoms with E-state index in [9.17, 15) is 0 Å². The highest BCUT2D eigenvalue weighted by Crippen LogP contribution is 2.51. The van der Waals surface area contributed by atoms with Crippen molar-refractivity contribution in [3.63, 3.8) is 0 Å². The summed E-state index contributed by atoms with van der Waals surface area (Å²) in [7, 11) is 0. The predicted molar refractivity (Wildman–Crippen MR) is 283 cm³/mol. The zero-order valence-electron chi connectivity index (χ0n) is 41.1. The molecule has 0 radical (unpaired) electrons. The van der Waals surface area contributed by atoms with Crippen LogP contribution >= 0.6 is 0 Å². The van der Waals surface area contributed by atoms with Crippen molar-refractivity contribution in [2.24, 2.45) is 10.8 Å². The summed E-state index contributed by atoms with van der Waals surface area (Å²) in [5.74, 6) is 0. The normalized spacial score (nSPS) is 14.0. The number of aromatic nitrogens is 1. The number of benzene rings is 5. The van der Waals surface area contributed by atoms with E-state index in [1.54, 1.807) is 0 Å². The molecule has 6 aromatic rings. The van der Waals surface area contributed by atoms with Crippen LogP contribution in [0.15, 0.2) is 169 Å². The molecule has 0 spiro atoms. The predicted octanol–water partition coefficient (Wildman–Crippen LogP) is 16.8. The van der Waals surface area contributed by atoms with E-state index in [-0.39, 0.29) is 21.7 Å². The van der Waals surface area contributed by atoms with Gasteiger partial charge in [-0.3, -0.25) is 0 Å². The van der Waals surface area contributed by atoms with Gasteiger partial charge in [0.2, 0.25) is 0 Å². The Morgan fingerprint density at radius 1 is 0.562 bits per heavy atom. The molecule has 0 saturated heterocycles. The second-order valence-electron chi connectivity index (χ2n) is 21.5. The van der Waals surface area contributed by atoms with Gasteiger partial charge in [-0.15, -0.1) is 0 Å². The topological polar surface area (TPSA) is 69.0 Å². The fourth-order valence-electron chi connectivity index (χ4n) is 8.30. The minimum absolute atomic E-state index is 0.00475. The number of rotatable bonds is 10. The second kappa shape index (κ2) is 18.1. The minimum atomic E-state index is -0.111. The van der Waals surface area contributed by atoms with E-state index in [2.05, 4.69) is 229 Å². The quantitative estimate of drug-likeness (QED) is 0.0950. The third kappa shape index (κ3) is 9.92. The van der Waals surface area contributed by atoms with Crippen LogP contribution in [0.3, 0.4) is 0 Å². The molecule has 332 valence electrons. The molecular weight excluding hydrogens is 777 g/mol. The first-order valence-electron chi connectivity index (χ1n) is 22.7. The fraction of sp³-hybridized carbons (Fsp3) is 0.300. The van der Waals surface area contributed by atoms with E-state index in [1.807, 2.05) is 24.4 Å². The van der Waals surface area contributed by atoms with Crippen LogP contribution in [0.5, 0.6) is 0 Å². The first-order chi connectivity index (χ1) is 29.9. The SMILES string of the molecule is C=C\C=C(/C=C(C)/C(C)=C/C(=C\C=C\Nc1c(-c2ccccc2)c(N)c(-n2c3ccc(C(C)(C)C)cc3c3cc(C(C)(C)C)ccc32)c(N)c1-c1ccccc1)C(C)(C)C)C(C)(C)C. The van der Waals surface area contributed by atoms with E-state index in [0.717, 1.165) is 44.7 Å². The Labute approximate surface area is 384 Å². The van der Waals surface area contributed by atoms with Gasteiger partial charge in [-0.05, 0) is 110 Å². The van der Waals surface area contributed by atoms with Crippen molar-refractivity contribution >= 4 is 38.9 Å². The van der Waals surface area contributed by atoms with Gasteiger partial charge < -0.3 is 21.4 Å². The molecule has 0 aliphatic carbocycles. The molecule has 0 unspecified atom stereocenters. The monoisotopic (exact) mass is 849 g/mol. The van der Waals surface area contributed by atoms with Crippen molar-refractivity contribution in [1.29, 1.82) is 0 Å². The van der Waals surface area contributed by atoms with Crippen LogP contribution < -0.4 is 16.8 Å². The summed E-state index contributed by atoms with van der Waals surface area (Å²) < 4.78 is 2.30. The number of nitrogens with one attached hydrogen (secondary N) is 1. The molecule has 5 aromatic carbocycles. The van der Waals surface area contributed by atoms with Crippen molar-refractivity contribution in [3.8, 4) is 27.9 Å². The smallest absolute Gasteiger partial charge is 0.0938 e. The van der Waals surface area contributed by atoms with Gasteiger partial charge in [-0.1, -0.05) is 193 Å². The fourth-order valence-corrected chi connectivity index (χ4v) is 8.30. The van der Waals surface area contributed by atoms with E-state index in [1.165, 1.54) is 44.2 Å². The lowest BCUT2D eigenvalue weighted by molar-refractivity contribution is 0.515.